The standard InChI is InChI=1S/C10H14N4O2/c1-3-7(2)13-10-6-8(14(15)16)4-5-9(10)11-12-13/h4-7,11-12H,3H2,1-2H3. The molecule has 2 rings (SSSR count). The van der Waals surface area contributed by atoms with Gasteiger partial charge in [0.1, 0.15) is 0 Å². The molecule has 0 radical (unpaired) electrons. The number of hydrazine groups is 2. The molecule has 6 heteroatoms. The Morgan fingerprint density at radius 3 is 2.94 bits per heavy atom. The van der Waals surface area contributed by atoms with Crippen LogP contribution in [0.5, 0.6) is 0 Å². The first kappa shape index (κ1) is 10.7. The minimum Gasteiger partial charge on any atom is -0.302 e. The molecule has 6 nitrogen and oxygen atoms in total. The summed E-state index contributed by atoms with van der Waals surface area (Å²) in [6, 6.07) is 5.06. The highest BCUT2D eigenvalue weighted by atomic mass is 16.6. The molecule has 0 aliphatic carbocycles. The molecule has 0 saturated heterocycles. The molecule has 0 bridgehead atoms. The van der Waals surface area contributed by atoms with E-state index in [4.69, 9.17) is 0 Å². The van der Waals surface area contributed by atoms with Gasteiger partial charge in [0.15, 0.2) is 0 Å². The summed E-state index contributed by atoms with van der Waals surface area (Å²) in [7, 11) is 0. The zero-order chi connectivity index (χ0) is 11.7. The maximum atomic E-state index is 10.7. The van der Waals surface area contributed by atoms with Crippen molar-refractivity contribution < 1.29 is 4.92 Å². The minimum absolute atomic E-state index is 0.109. The Balaban J connectivity index is 2.37. The third kappa shape index (κ3) is 1.67. The molecule has 0 spiro atoms. The second kappa shape index (κ2) is 3.97. The van der Waals surface area contributed by atoms with Gasteiger partial charge in [-0.05, 0) is 19.4 Å². The van der Waals surface area contributed by atoms with Gasteiger partial charge in [-0.25, -0.2) is 0 Å². The van der Waals surface area contributed by atoms with Gasteiger partial charge in [-0.1, -0.05) is 6.92 Å². The van der Waals surface area contributed by atoms with Crippen molar-refractivity contribution in [3.8, 4) is 0 Å². The smallest absolute Gasteiger partial charge is 0.271 e. The van der Waals surface area contributed by atoms with Crippen LogP contribution >= 0.6 is 0 Å². The Labute approximate surface area is 93.3 Å². The number of benzene rings is 1. The molecular weight excluding hydrogens is 208 g/mol. The Kier molecular flexibility index (Phi) is 2.66. The average Bonchev–Trinajstić information content (AvgIpc) is 2.70. The first-order chi connectivity index (χ1) is 7.63. The topological polar surface area (TPSA) is 70.4 Å². The van der Waals surface area contributed by atoms with E-state index in [0.29, 0.717) is 0 Å². The first-order valence-electron chi connectivity index (χ1n) is 5.22. The van der Waals surface area contributed by atoms with E-state index in [2.05, 4.69) is 24.8 Å². The van der Waals surface area contributed by atoms with Gasteiger partial charge in [0, 0.05) is 18.2 Å². The van der Waals surface area contributed by atoms with Crippen LogP contribution in [-0.4, -0.2) is 11.0 Å². The Morgan fingerprint density at radius 1 is 1.56 bits per heavy atom. The molecule has 1 aliphatic heterocycles. The van der Waals surface area contributed by atoms with Gasteiger partial charge in [-0.3, -0.25) is 15.1 Å². The Bertz CT molecular complexity index is 421. The molecule has 1 aromatic carbocycles. The van der Waals surface area contributed by atoms with E-state index in [1.165, 1.54) is 6.07 Å². The van der Waals surface area contributed by atoms with Crippen molar-refractivity contribution in [3.05, 3.63) is 28.3 Å². The monoisotopic (exact) mass is 222 g/mol. The molecule has 86 valence electrons. The van der Waals surface area contributed by atoms with Crippen molar-refractivity contribution in [3.63, 3.8) is 0 Å². The number of non-ortho nitro benzene ring substituents is 1. The lowest BCUT2D eigenvalue weighted by molar-refractivity contribution is -0.384. The van der Waals surface area contributed by atoms with E-state index in [0.717, 1.165) is 17.8 Å². The Morgan fingerprint density at radius 2 is 2.31 bits per heavy atom. The van der Waals surface area contributed by atoms with Crippen molar-refractivity contribution in [2.45, 2.75) is 26.3 Å². The molecule has 1 heterocycles. The molecule has 0 aromatic heterocycles. The van der Waals surface area contributed by atoms with Crippen LogP contribution in [0.4, 0.5) is 17.1 Å². The van der Waals surface area contributed by atoms with E-state index in [1.807, 2.05) is 5.01 Å². The summed E-state index contributed by atoms with van der Waals surface area (Å²) < 4.78 is 0. The summed E-state index contributed by atoms with van der Waals surface area (Å²) in [4.78, 5) is 10.3. The van der Waals surface area contributed by atoms with E-state index in [1.54, 1.807) is 12.1 Å². The van der Waals surface area contributed by atoms with Crippen molar-refractivity contribution >= 4 is 17.1 Å². The normalized spacial score (nSPS) is 15.5. The molecule has 0 amide bonds. The van der Waals surface area contributed by atoms with E-state index >= 15 is 0 Å². The summed E-state index contributed by atoms with van der Waals surface area (Å²) in [5.41, 5.74) is 7.78. The Hall–Kier alpha value is -1.82. The fourth-order valence-electron chi connectivity index (χ4n) is 1.65. The number of nitrogens with zero attached hydrogens (tertiary/aromatic N) is 2. The SMILES string of the molecule is CCC(C)N1NNc2ccc([N+](=O)[O-])cc21. The number of hydrogen-bond donors (Lipinski definition) is 2. The van der Waals surface area contributed by atoms with Crippen LogP contribution in [0.25, 0.3) is 0 Å². The van der Waals surface area contributed by atoms with Gasteiger partial charge < -0.3 is 5.43 Å². The number of fused-ring (bicyclic) bond motifs is 1. The van der Waals surface area contributed by atoms with Gasteiger partial charge in [-0.2, -0.15) is 0 Å². The predicted octanol–water partition coefficient (Wildman–Crippen LogP) is 2.04. The number of nitro benzene ring substituents is 1. The van der Waals surface area contributed by atoms with Crippen molar-refractivity contribution in [2.24, 2.45) is 0 Å². The highest BCUT2D eigenvalue weighted by Crippen LogP contribution is 2.33. The summed E-state index contributed by atoms with van der Waals surface area (Å²) >= 11 is 0. The number of anilines is 2. The fourth-order valence-corrected chi connectivity index (χ4v) is 1.65. The van der Waals surface area contributed by atoms with Gasteiger partial charge in [0.2, 0.25) is 0 Å². The van der Waals surface area contributed by atoms with E-state index in [9.17, 15) is 10.1 Å². The average molecular weight is 222 g/mol. The van der Waals surface area contributed by atoms with Crippen LogP contribution in [0.15, 0.2) is 18.2 Å². The van der Waals surface area contributed by atoms with Gasteiger partial charge in [0.05, 0.1) is 16.3 Å². The number of nitrogens with one attached hydrogen (secondary N) is 2. The molecule has 1 atom stereocenters. The highest BCUT2D eigenvalue weighted by molar-refractivity contribution is 5.75. The predicted molar refractivity (Wildman–Crippen MR) is 62.1 cm³/mol. The first-order valence-corrected chi connectivity index (χ1v) is 5.22. The quantitative estimate of drug-likeness (QED) is 0.605. The number of rotatable bonds is 3. The molecule has 1 aromatic rings. The molecular formula is C10H14N4O2. The maximum Gasteiger partial charge on any atom is 0.271 e. The van der Waals surface area contributed by atoms with Gasteiger partial charge in [0.25, 0.3) is 5.69 Å². The molecule has 0 fully saturated rings. The minimum atomic E-state index is -0.382. The molecule has 1 aliphatic rings. The third-order valence-corrected chi connectivity index (χ3v) is 2.79. The summed E-state index contributed by atoms with van der Waals surface area (Å²) in [5, 5.41) is 12.6. The molecule has 1 unspecified atom stereocenters. The van der Waals surface area contributed by atoms with Crippen LogP contribution in [0, 0.1) is 10.1 Å². The maximum absolute atomic E-state index is 10.7. The van der Waals surface area contributed by atoms with Crippen LogP contribution in [-0.2, 0) is 0 Å². The largest absolute Gasteiger partial charge is 0.302 e. The fraction of sp³-hybridized carbons (Fsp3) is 0.400. The van der Waals surface area contributed by atoms with Gasteiger partial charge in [-0.15, -0.1) is 5.53 Å². The second-order valence-electron chi connectivity index (χ2n) is 3.82. The third-order valence-electron chi connectivity index (χ3n) is 2.79. The van der Waals surface area contributed by atoms with Crippen LogP contribution in [0.3, 0.4) is 0 Å². The summed E-state index contributed by atoms with van der Waals surface area (Å²) in [5.74, 6) is 0. The highest BCUT2D eigenvalue weighted by Gasteiger charge is 2.24. The lowest BCUT2D eigenvalue weighted by Gasteiger charge is -2.24. The lowest BCUT2D eigenvalue weighted by atomic mass is 10.2. The van der Waals surface area contributed by atoms with Crippen LogP contribution in [0.1, 0.15) is 20.3 Å². The van der Waals surface area contributed by atoms with Crippen LogP contribution < -0.4 is 16.0 Å². The zero-order valence-corrected chi connectivity index (χ0v) is 9.23. The lowest BCUT2D eigenvalue weighted by Crippen LogP contribution is -2.42. The zero-order valence-electron chi connectivity index (χ0n) is 9.23. The molecule has 0 saturated carbocycles. The van der Waals surface area contributed by atoms with Crippen molar-refractivity contribution in [2.75, 3.05) is 10.4 Å². The molecule has 2 N–H and O–H groups in total. The van der Waals surface area contributed by atoms with E-state index in [-0.39, 0.29) is 16.7 Å². The van der Waals surface area contributed by atoms with Crippen molar-refractivity contribution in [1.29, 1.82) is 0 Å². The van der Waals surface area contributed by atoms with Crippen molar-refractivity contribution in [1.82, 2.24) is 5.53 Å². The number of nitro groups is 1. The summed E-state index contributed by atoms with van der Waals surface area (Å²) in [6.07, 6.45) is 0.955. The summed E-state index contributed by atoms with van der Waals surface area (Å²) in [6.45, 7) is 4.13. The van der Waals surface area contributed by atoms with Gasteiger partial charge >= 0.3 is 0 Å². The van der Waals surface area contributed by atoms with Crippen LogP contribution in [0.2, 0.25) is 0 Å². The second-order valence-corrected chi connectivity index (χ2v) is 3.82. The molecule has 16 heavy (non-hydrogen) atoms. The number of hydrogen-bond acceptors (Lipinski definition) is 5. The van der Waals surface area contributed by atoms with E-state index < -0.39 is 0 Å².